The van der Waals surface area contributed by atoms with Crippen molar-refractivity contribution in [3.63, 3.8) is 0 Å². The van der Waals surface area contributed by atoms with Crippen LogP contribution in [0, 0.1) is 0 Å². The van der Waals surface area contributed by atoms with Gasteiger partial charge in [-0.05, 0) is 6.42 Å². The SMILES string of the molecule is CCCn1ccnc1C(O)C=O. The number of hydrogen-bond acceptors (Lipinski definition) is 3. The summed E-state index contributed by atoms with van der Waals surface area (Å²) in [5, 5.41) is 9.17. The van der Waals surface area contributed by atoms with Crippen LogP contribution in [-0.2, 0) is 11.3 Å². The van der Waals surface area contributed by atoms with Crippen molar-refractivity contribution in [2.45, 2.75) is 26.0 Å². The maximum absolute atomic E-state index is 10.3. The predicted molar refractivity (Wildman–Crippen MR) is 43.5 cm³/mol. The molecule has 4 nitrogen and oxygen atoms in total. The molecular formula is C8H12N2O2. The van der Waals surface area contributed by atoms with E-state index in [1.54, 1.807) is 17.0 Å². The molecule has 0 aliphatic heterocycles. The molecule has 4 heteroatoms. The van der Waals surface area contributed by atoms with E-state index in [9.17, 15) is 9.90 Å². The summed E-state index contributed by atoms with van der Waals surface area (Å²) in [6.07, 6.45) is 3.68. The Labute approximate surface area is 70.9 Å². The molecule has 0 aromatic carbocycles. The fourth-order valence-corrected chi connectivity index (χ4v) is 1.08. The van der Waals surface area contributed by atoms with Crippen molar-refractivity contribution >= 4 is 6.29 Å². The van der Waals surface area contributed by atoms with E-state index in [2.05, 4.69) is 4.98 Å². The molecule has 1 heterocycles. The van der Waals surface area contributed by atoms with Gasteiger partial charge in [0.2, 0.25) is 0 Å². The lowest BCUT2D eigenvalue weighted by molar-refractivity contribution is -0.115. The summed E-state index contributed by atoms with van der Waals surface area (Å²) in [5.74, 6) is 0.423. The van der Waals surface area contributed by atoms with Gasteiger partial charge >= 0.3 is 0 Å². The average Bonchev–Trinajstić information content (AvgIpc) is 2.52. The highest BCUT2D eigenvalue weighted by molar-refractivity contribution is 5.57. The number of aromatic nitrogens is 2. The Kier molecular flexibility index (Phi) is 2.99. The van der Waals surface area contributed by atoms with Crippen molar-refractivity contribution in [1.82, 2.24) is 9.55 Å². The first-order valence-electron chi connectivity index (χ1n) is 3.94. The van der Waals surface area contributed by atoms with Crippen LogP contribution in [0.5, 0.6) is 0 Å². The van der Waals surface area contributed by atoms with Gasteiger partial charge in [-0.1, -0.05) is 6.92 Å². The zero-order chi connectivity index (χ0) is 8.97. The predicted octanol–water partition coefficient (Wildman–Crippen LogP) is 0.525. The number of nitrogens with zero attached hydrogens (tertiary/aromatic N) is 2. The minimum absolute atomic E-state index is 0.423. The van der Waals surface area contributed by atoms with E-state index >= 15 is 0 Å². The van der Waals surface area contributed by atoms with Crippen LogP contribution in [0.4, 0.5) is 0 Å². The Bertz CT molecular complexity index is 257. The molecule has 1 aromatic rings. The Morgan fingerprint density at radius 2 is 2.58 bits per heavy atom. The van der Waals surface area contributed by atoms with Crippen LogP contribution in [0.1, 0.15) is 25.3 Å². The molecule has 0 spiro atoms. The second-order valence-electron chi connectivity index (χ2n) is 2.56. The van der Waals surface area contributed by atoms with Crippen LogP contribution in [0.25, 0.3) is 0 Å². The molecule has 1 aromatic heterocycles. The quantitative estimate of drug-likeness (QED) is 0.667. The molecule has 0 amide bonds. The summed E-state index contributed by atoms with van der Waals surface area (Å²) in [7, 11) is 0. The van der Waals surface area contributed by atoms with Gasteiger partial charge in [-0.15, -0.1) is 0 Å². The summed E-state index contributed by atoms with van der Waals surface area (Å²) in [6.45, 7) is 2.80. The largest absolute Gasteiger partial charge is 0.378 e. The molecule has 1 unspecified atom stereocenters. The highest BCUT2D eigenvalue weighted by Gasteiger charge is 2.11. The summed E-state index contributed by atoms with van der Waals surface area (Å²) >= 11 is 0. The zero-order valence-electron chi connectivity index (χ0n) is 6.97. The van der Waals surface area contributed by atoms with E-state index in [-0.39, 0.29) is 0 Å². The number of imidazole rings is 1. The third-order valence-electron chi connectivity index (χ3n) is 1.61. The van der Waals surface area contributed by atoms with Gasteiger partial charge in [0.1, 0.15) is 5.82 Å². The molecule has 0 aliphatic rings. The lowest BCUT2D eigenvalue weighted by Gasteiger charge is -2.06. The monoisotopic (exact) mass is 168 g/mol. The number of hydrogen-bond donors (Lipinski definition) is 1. The second-order valence-corrected chi connectivity index (χ2v) is 2.56. The van der Waals surface area contributed by atoms with Crippen LogP contribution in [-0.4, -0.2) is 20.9 Å². The highest BCUT2D eigenvalue weighted by atomic mass is 16.3. The number of rotatable bonds is 4. The van der Waals surface area contributed by atoms with Gasteiger partial charge in [0.05, 0.1) is 0 Å². The van der Waals surface area contributed by atoms with Crippen molar-refractivity contribution in [2.75, 3.05) is 0 Å². The molecule has 1 rings (SSSR count). The molecule has 66 valence electrons. The van der Waals surface area contributed by atoms with Crippen molar-refractivity contribution in [2.24, 2.45) is 0 Å². The smallest absolute Gasteiger partial charge is 0.167 e. The minimum atomic E-state index is -1.09. The topological polar surface area (TPSA) is 55.1 Å². The molecule has 1 atom stereocenters. The molecule has 12 heavy (non-hydrogen) atoms. The van der Waals surface area contributed by atoms with Crippen LogP contribution in [0.2, 0.25) is 0 Å². The third-order valence-corrected chi connectivity index (χ3v) is 1.61. The van der Waals surface area contributed by atoms with Gasteiger partial charge < -0.3 is 9.67 Å². The normalized spacial score (nSPS) is 12.8. The molecule has 0 aliphatic carbocycles. The summed E-state index contributed by atoms with van der Waals surface area (Å²) in [5.41, 5.74) is 0. The lowest BCUT2D eigenvalue weighted by atomic mass is 10.3. The standard InChI is InChI=1S/C8H12N2O2/c1-2-4-10-5-3-9-8(10)7(12)6-11/h3,5-7,12H,2,4H2,1H3. The first-order chi connectivity index (χ1) is 5.79. The van der Waals surface area contributed by atoms with Gasteiger partial charge in [-0.3, -0.25) is 4.79 Å². The molecule has 0 saturated heterocycles. The van der Waals surface area contributed by atoms with Crippen molar-refractivity contribution in [3.05, 3.63) is 18.2 Å². The van der Waals surface area contributed by atoms with Crippen molar-refractivity contribution < 1.29 is 9.90 Å². The maximum Gasteiger partial charge on any atom is 0.167 e. The maximum atomic E-state index is 10.3. The zero-order valence-corrected chi connectivity index (χ0v) is 6.97. The van der Waals surface area contributed by atoms with Crippen LogP contribution >= 0.6 is 0 Å². The van der Waals surface area contributed by atoms with Crippen LogP contribution in [0.3, 0.4) is 0 Å². The van der Waals surface area contributed by atoms with Crippen LogP contribution < -0.4 is 0 Å². The number of aldehydes is 1. The van der Waals surface area contributed by atoms with Gasteiger partial charge in [0, 0.05) is 18.9 Å². The fraction of sp³-hybridized carbons (Fsp3) is 0.500. The highest BCUT2D eigenvalue weighted by Crippen LogP contribution is 2.07. The molecule has 0 fully saturated rings. The van der Waals surface area contributed by atoms with Crippen molar-refractivity contribution in [1.29, 1.82) is 0 Å². The number of aliphatic hydroxyl groups is 1. The van der Waals surface area contributed by atoms with Gasteiger partial charge in [0.15, 0.2) is 12.4 Å². The van der Waals surface area contributed by atoms with E-state index in [1.165, 1.54) is 0 Å². The molecule has 0 bridgehead atoms. The Balaban J connectivity index is 2.82. The van der Waals surface area contributed by atoms with E-state index in [4.69, 9.17) is 0 Å². The molecular weight excluding hydrogens is 156 g/mol. The first kappa shape index (κ1) is 8.93. The van der Waals surface area contributed by atoms with Gasteiger partial charge in [-0.25, -0.2) is 4.98 Å². The van der Waals surface area contributed by atoms with E-state index in [1.807, 2.05) is 6.92 Å². The molecule has 0 radical (unpaired) electrons. The molecule has 0 saturated carbocycles. The Morgan fingerprint density at radius 1 is 1.83 bits per heavy atom. The summed E-state index contributed by atoms with van der Waals surface area (Å²) in [4.78, 5) is 14.1. The first-order valence-corrected chi connectivity index (χ1v) is 3.94. The van der Waals surface area contributed by atoms with Crippen molar-refractivity contribution in [3.8, 4) is 0 Å². The lowest BCUT2D eigenvalue weighted by Crippen LogP contribution is -2.09. The third kappa shape index (κ3) is 1.71. The second kappa shape index (κ2) is 4.01. The van der Waals surface area contributed by atoms with E-state index in [0.29, 0.717) is 12.1 Å². The fourth-order valence-electron chi connectivity index (χ4n) is 1.08. The number of carbonyl (C=O) groups excluding carboxylic acids is 1. The Morgan fingerprint density at radius 3 is 3.17 bits per heavy atom. The minimum Gasteiger partial charge on any atom is -0.378 e. The van der Waals surface area contributed by atoms with E-state index in [0.717, 1.165) is 13.0 Å². The summed E-state index contributed by atoms with van der Waals surface area (Å²) < 4.78 is 1.78. The van der Waals surface area contributed by atoms with Gasteiger partial charge in [-0.2, -0.15) is 0 Å². The van der Waals surface area contributed by atoms with Crippen LogP contribution in [0.15, 0.2) is 12.4 Å². The number of carbonyl (C=O) groups is 1. The van der Waals surface area contributed by atoms with E-state index < -0.39 is 6.10 Å². The Hall–Kier alpha value is -1.16. The average molecular weight is 168 g/mol. The number of aryl methyl sites for hydroxylation is 1. The number of aliphatic hydroxyl groups excluding tert-OH is 1. The van der Waals surface area contributed by atoms with Gasteiger partial charge in [0.25, 0.3) is 0 Å². The molecule has 1 N–H and O–H groups in total. The summed E-state index contributed by atoms with van der Waals surface area (Å²) in [6, 6.07) is 0.